The lowest BCUT2D eigenvalue weighted by molar-refractivity contribution is -0.136. The lowest BCUT2D eigenvalue weighted by Gasteiger charge is -2.05. The molecule has 0 radical (unpaired) electrons. The number of benzene rings is 1. The van der Waals surface area contributed by atoms with Crippen molar-refractivity contribution in [1.29, 1.82) is 0 Å². The summed E-state index contributed by atoms with van der Waals surface area (Å²) in [5, 5.41) is 8.58. The lowest BCUT2D eigenvalue weighted by Crippen LogP contribution is -2.00. The van der Waals surface area contributed by atoms with Gasteiger partial charge in [0.05, 0.1) is 0 Å². The smallest absolute Gasteiger partial charge is 0.303 e. The number of carboxylic acids is 1. The van der Waals surface area contributed by atoms with Crippen LogP contribution in [0.1, 0.15) is 17.5 Å². The molecule has 1 N–H and O–H groups in total. The van der Waals surface area contributed by atoms with E-state index in [-0.39, 0.29) is 6.42 Å². The minimum absolute atomic E-state index is 0.189. The van der Waals surface area contributed by atoms with Crippen molar-refractivity contribution < 1.29 is 9.90 Å². The maximum atomic E-state index is 10.4. The first-order valence-electron chi connectivity index (χ1n) is 4.63. The average molecular weight is 190 g/mol. The number of carbonyl (C=O) groups is 1. The maximum Gasteiger partial charge on any atom is 0.303 e. The van der Waals surface area contributed by atoms with Crippen LogP contribution in [0.3, 0.4) is 0 Å². The predicted octanol–water partition coefficient (Wildman–Crippen LogP) is 2.43. The van der Waals surface area contributed by atoms with E-state index in [1.807, 2.05) is 30.3 Å². The van der Waals surface area contributed by atoms with E-state index in [2.05, 4.69) is 6.58 Å². The molecule has 0 atom stereocenters. The Morgan fingerprint density at radius 2 is 2.00 bits per heavy atom. The minimum atomic E-state index is -0.751. The second kappa shape index (κ2) is 5.22. The molecule has 1 aromatic rings. The van der Waals surface area contributed by atoms with E-state index in [1.165, 1.54) is 5.56 Å². The predicted molar refractivity (Wildman–Crippen MR) is 56.3 cm³/mol. The molecule has 0 unspecified atom stereocenters. The average Bonchev–Trinajstić information content (AvgIpc) is 2.17. The van der Waals surface area contributed by atoms with Gasteiger partial charge >= 0.3 is 5.97 Å². The Bertz CT molecular complexity index is 329. The third kappa shape index (κ3) is 3.05. The highest BCUT2D eigenvalue weighted by Gasteiger charge is 2.02. The van der Waals surface area contributed by atoms with Crippen molar-refractivity contribution in [2.45, 2.75) is 19.3 Å². The zero-order valence-corrected chi connectivity index (χ0v) is 8.07. The second-order valence-corrected chi connectivity index (χ2v) is 3.16. The van der Waals surface area contributed by atoms with Gasteiger partial charge in [0.1, 0.15) is 0 Å². The number of aliphatic carboxylic acids is 1. The van der Waals surface area contributed by atoms with E-state index in [9.17, 15) is 4.79 Å². The first kappa shape index (κ1) is 10.5. The SMILES string of the molecule is C=CCc1ccccc1CCC(=O)O. The van der Waals surface area contributed by atoms with Gasteiger partial charge < -0.3 is 5.11 Å². The van der Waals surface area contributed by atoms with E-state index < -0.39 is 5.97 Å². The normalized spacial score (nSPS) is 9.71. The first-order chi connectivity index (χ1) is 6.74. The topological polar surface area (TPSA) is 37.3 Å². The number of hydrogen-bond acceptors (Lipinski definition) is 1. The summed E-state index contributed by atoms with van der Waals surface area (Å²) in [5.74, 6) is -0.751. The van der Waals surface area contributed by atoms with Crippen LogP contribution < -0.4 is 0 Å². The Labute approximate surface area is 83.9 Å². The Balaban J connectivity index is 2.73. The van der Waals surface area contributed by atoms with Crippen molar-refractivity contribution in [2.24, 2.45) is 0 Å². The summed E-state index contributed by atoms with van der Waals surface area (Å²) in [6, 6.07) is 7.88. The van der Waals surface area contributed by atoms with Gasteiger partial charge in [0.15, 0.2) is 0 Å². The van der Waals surface area contributed by atoms with Gasteiger partial charge in [-0.3, -0.25) is 4.79 Å². The molecule has 0 spiro atoms. The molecular weight excluding hydrogens is 176 g/mol. The zero-order chi connectivity index (χ0) is 10.4. The Morgan fingerprint density at radius 3 is 2.57 bits per heavy atom. The molecule has 0 bridgehead atoms. The molecule has 0 saturated heterocycles. The molecule has 14 heavy (non-hydrogen) atoms. The lowest BCUT2D eigenvalue weighted by atomic mass is 10.0. The van der Waals surface area contributed by atoms with Crippen molar-refractivity contribution in [2.75, 3.05) is 0 Å². The molecule has 1 rings (SSSR count). The Hall–Kier alpha value is -1.57. The van der Waals surface area contributed by atoms with Crippen molar-refractivity contribution in [3.05, 3.63) is 48.0 Å². The number of allylic oxidation sites excluding steroid dienone is 1. The standard InChI is InChI=1S/C12H14O2/c1-2-5-10-6-3-4-7-11(10)8-9-12(13)14/h2-4,6-7H,1,5,8-9H2,(H,13,14). The fraction of sp³-hybridized carbons (Fsp3) is 0.250. The van der Waals surface area contributed by atoms with Crippen molar-refractivity contribution in [1.82, 2.24) is 0 Å². The summed E-state index contributed by atoms with van der Waals surface area (Å²) in [7, 11) is 0. The first-order valence-corrected chi connectivity index (χ1v) is 4.63. The molecule has 0 heterocycles. The van der Waals surface area contributed by atoms with E-state index >= 15 is 0 Å². The molecule has 0 fully saturated rings. The van der Waals surface area contributed by atoms with E-state index in [4.69, 9.17) is 5.11 Å². The van der Waals surface area contributed by atoms with Gasteiger partial charge in [0.2, 0.25) is 0 Å². The van der Waals surface area contributed by atoms with Gasteiger partial charge in [0, 0.05) is 6.42 Å². The molecule has 0 saturated carbocycles. The number of aryl methyl sites for hydroxylation is 1. The number of rotatable bonds is 5. The molecule has 0 aliphatic carbocycles. The highest BCUT2D eigenvalue weighted by molar-refractivity contribution is 5.67. The van der Waals surface area contributed by atoms with Crippen LogP contribution in [0.15, 0.2) is 36.9 Å². The molecule has 1 aromatic carbocycles. The van der Waals surface area contributed by atoms with Crippen molar-refractivity contribution in [3.63, 3.8) is 0 Å². The van der Waals surface area contributed by atoms with Crippen LogP contribution in [-0.4, -0.2) is 11.1 Å². The molecule has 0 aliphatic heterocycles. The van der Waals surface area contributed by atoms with Crippen LogP contribution in [0.5, 0.6) is 0 Å². The minimum Gasteiger partial charge on any atom is -0.481 e. The largest absolute Gasteiger partial charge is 0.481 e. The molecule has 0 aliphatic rings. The molecule has 74 valence electrons. The summed E-state index contributed by atoms with van der Waals surface area (Å²) >= 11 is 0. The quantitative estimate of drug-likeness (QED) is 0.724. The summed E-state index contributed by atoms with van der Waals surface area (Å²) in [6.45, 7) is 3.68. The molecule has 0 amide bonds. The van der Waals surface area contributed by atoms with Crippen LogP contribution in [0, 0.1) is 0 Å². The van der Waals surface area contributed by atoms with E-state index in [0.717, 1.165) is 12.0 Å². The Kier molecular flexibility index (Phi) is 3.92. The number of hydrogen-bond donors (Lipinski definition) is 1. The maximum absolute atomic E-state index is 10.4. The second-order valence-electron chi connectivity index (χ2n) is 3.16. The summed E-state index contributed by atoms with van der Waals surface area (Å²) in [4.78, 5) is 10.4. The molecule has 2 nitrogen and oxygen atoms in total. The highest BCUT2D eigenvalue weighted by Crippen LogP contribution is 2.12. The molecule has 0 aromatic heterocycles. The van der Waals surface area contributed by atoms with E-state index in [0.29, 0.717) is 6.42 Å². The fourth-order valence-electron chi connectivity index (χ4n) is 1.40. The van der Waals surface area contributed by atoms with Gasteiger partial charge in [0.25, 0.3) is 0 Å². The zero-order valence-electron chi connectivity index (χ0n) is 8.07. The third-order valence-corrected chi connectivity index (χ3v) is 2.09. The number of carboxylic acid groups (broad SMARTS) is 1. The van der Waals surface area contributed by atoms with Crippen molar-refractivity contribution >= 4 is 5.97 Å². The molecule has 2 heteroatoms. The molecular formula is C12H14O2. The fourth-order valence-corrected chi connectivity index (χ4v) is 1.40. The van der Waals surface area contributed by atoms with Gasteiger partial charge in [-0.15, -0.1) is 6.58 Å². The summed E-state index contributed by atoms with van der Waals surface area (Å²) in [6.07, 6.45) is 3.42. The van der Waals surface area contributed by atoms with Gasteiger partial charge in [-0.2, -0.15) is 0 Å². The van der Waals surface area contributed by atoms with Crippen LogP contribution in [0.2, 0.25) is 0 Å². The summed E-state index contributed by atoms with van der Waals surface area (Å²) < 4.78 is 0. The Morgan fingerprint density at radius 1 is 1.36 bits per heavy atom. The van der Waals surface area contributed by atoms with Gasteiger partial charge in [-0.05, 0) is 24.0 Å². The van der Waals surface area contributed by atoms with Crippen LogP contribution in [-0.2, 0) is 17.6 Å². The van der Waals surface area contributed by atoms with Crippen molar-refractivity contribution in [3.8, 4) is 0 Å². The summed E-state index contributed by atoms with van der Waals surface area (Å²) in [5.41, 5.74) is 2.28. The van der Waals surface area contributed by atoms with Crippen LogP contribution in [0.25, 0.3) is 0 Å². The van der Waals surface area contributed by atoms with Crippen LogP contribution >= 0.6 is 0 Å². The van der Waals surface area contributed by atoms with Crippen LogP contribution in [0.4, 0.5) is 0 Å². The van der Waals surface area contributed by atoms with E-state index in [1.54, 1.807) is 0 Å². The van der Waals surface area contributed by atoms with Gasteiger partial charge in [-0.1, -0.05) is 30.3 Å². The monoisotopic (exact) mass is 190 g/mol. The third-order valence-electron chi connectivity index (χ3n) is 2.09. The van der Waals surface area contributed by atoms with Gasteiger partial charge in [-0.25, -0.2) is 0 Å². The highest BCUT2D eigenvalue weighted by atomic mass is 16.4.